The van der Waals surface area contributed by atoms with Crippen molar-refractivity contribution in [2.75, 3.05) is 6.61 Å². The molecule has 3 aromatic rings. The maximum atomic E-state index is 12.5. The third-order valence-electron chi connectivity index (χ3n) is 4.23. The summed E-state index contributed by atoms with van der Waals surface area (Å²) in [5.74, 6) is -0.108. The summed E-state index contributed by atoms with van der Waals surface area (Å²) in [5.41, 5.74) is 2.53. The summed E-state index contributed by atoms with van der Waals surface area (Å²) >= 11 is 0. The van der Waals surface area contributed by atoms with Gasteiger partial charge in [0.1, 0.15) is 6.10 Å². The normalized spacial score (nSPS) is 20.9. The number of carbonyl (C=O) groups is 1. The van der Waals surface area contributed by atoms with Crippen molar-refractivity contribution in [2.24, 2.45) is 7.05 Å². The number of aromatic nitrogens is 4. The Morgan fingerprint density at radius 3 is 3.13 bits per heavy atom. The van der Waals surface area contributed by atoms with Crippen molar-refractivity contribution in [3.8, 4) is 0 Å². The molecular formula is C16H17N5O2. The van der Waals surface area contributed by atoms with Gasteiger partial charge in [0, 0.05) is 26.0 Å². The minimum Gasteiger partial charge on any atom is -0.370 e. The van der Waals surface area contributed by atoms with Crippen LogP contribution in [0.15, 0.2) is 43.1 Å². The Morgan fingerprint density at radius 1 is 1.39 bits per heavy atom. The van der Waals surface area contributed by atoms with Crippen molar-refractivity contribution in [3.05, 3.63) is 54.4 Å². The molecule has 0 bridgehead atoms. The number of imidazole rings is 1. The van der Waals surface area contributed by atoms with Crippen LogP contribution in [0.5, 0.6) is 0 Å². The molecule has 0 radical (unpaired) electrons. The topological polar surface area (TPSA) is 73.4 Å². The summed E-state index contributed by atoms with van der Waals surface area (Å²) in [6.45, 7) is 0.626. The van der Waals surface area contributed by atoms with E-state index in [1.54, 1.807) is 35.7 Å². The fourth-order valence-electron chi connectivity index (χ4n) is 3.00. The second-order valence-corrected chi connectivity index (χ2v) is 5.68. The molecule has 1 N–H and O–H groups in total. The molecule has 0 spiro atoms. The van der Waals surface area contributed by atoms with Crippen LogP contribution in [-0.4, -0.2) is 37.7 Å². The first kappa shape index (κ1) is 14.0. The van der Waals surface area contributed by atoms with Crippen molar-refractivity contribution in [1.82, 2.24) is 24.5 Å². The zero-order valence-electron chi connectivity index (χ0n) is 12.7. The molecule has 0 unspecified atom stereocenters. The number of rotatable bonds is 3. The number of amides is 1. The van der Waals surface area contributed by atoms with Crippen LogP contribution in [-0.2, 0) is 11.8 Å². The number of ether oxygens (including phenoxy) is 1. The maximum Gasteiger partial charge on any atom is 0.253 e. The van der Waals surface area contributed by atoms with Gasteiger partial charge in [0.2, 0.25) is 0 Å². The minimum atomic E-state index is -0.163. The molecule has 2 atom stereocenters. The van der Waals surface area contributed by atoms with E-state index < -0.39 is 0 Å². The van der Waals surface area contributed by atoms with Gasteiger partial charge in [-0.2, -0.15) is 5.10 Å². The summed E-state index contributed by atoms with van der Waals surface area (Å²) in [7, 11) is 1.88. The van der Waals surface area contributed by atoms with Gasteiger partial charge < -0.3 is 14.5 Å². The van der Waals surface area contributed by atoms with E-state index >= 15 is 0 Å². The van der Waals surface area contributed by atoms with Crippen molar-refractivity contribution < 1.29 is 9.53 Å². The average Bonchev–Trinajstić information content (AvgIpc) is 3.26. The lowest BCUT2D eigenvalue weighted by molar-refractivity contribution is 0.0792. The smallest absolute Gasteiger partial charge is 0.253 e. The van der Waals surface area contributed by atoms with Gasteiger partial charge in [-0.15, -0.1) is 0 Å². The zero-order valence-corrected chi connectivity index (χ0v) is 12.7. The molecule has 118 valence electrons. The lowest BCUT2D eigenvalue weighted by Gasteiger charge is -2.20. The first-order valence-electron chi connectivity index (χ1n) is 7.54. The fourth-order valence-corrected chi connectivity index (χ4v) is 3.00. The van der Waals surface area contributed by atoms with Gasteiger partial charge >= 0.3 is 0 Å². The molecule has 7 nitrogen and oxygen atoms in total. The van der Waals surface area contributed by atoms with Gasteiger partial charge in [-0.1, -0.05) is 0 Å². The van der Waals surface area contributed by atoms with E-state index in [4.69, 9.17) is 4.74 Å². The number of carbonyl (C=O) groups excluding carboxylic acids is 1. The Kier molecular flexibility index (Phi) is 3.34. The molecule has 4 heterocycles. The number of fused-ring (bicyclic) bond motifs is 1. The summed E-state index contributed by atoms with van der Waals surface area (Å²) in [4.78, 5) is 16.6. The number of aryl methyl sites for hydroxylation is 1. The SMILES string of the molecule is Cn1nccc1[C@H]1OCC[C@@H]1NC(=O)c1ccc2cncn2c1. The van der Waals surface area contributed by atoms with Crippen LogP contribution in [0.2, 0.25) is 0 Å². The molecule has 1 aliphatic rings. The highest BCUT2D eigenvalue weighted by atomic mass is 16.5. The number of hydrogen-bond acceptors (Lipinski definition) is 4. The quantitative estimate of drug-likeness (QED) is 0.792. The highest BCUT2D eigenvalue weighted by molar-refractivity contribution is 5.94. The van der Waals surface area contributed by atoms with Crippen molar-refractivity contribution in [2.45, 2.75) is 18.6 Å². The maximum absolute atomic E-state index is 12.5. The molecule has 0 saturated carbocycles. The molecule has 0 aromatic carbocycles. The molecule has 1 amide bonds. The molecule has 7 heteroatoms. The van der Waals surface area contributed by atoms with Crippen LogP contribution in [0.3, 0.4) is 0 Å². The molecule has 1 aliphatic heterocycles. The number of hydrogen-bond donors (Lipinski definition) is 1. The third-order valence-corrected chi connectivity index (χ3v) is 4.23. The molecule has 3 aromatic heterocycles. The molecular weight excluding hydrogens is 294 g/mol. The summed E-state index contributed by atoms with van der Waals surface area (Å²) < 4.78 is 9.41. The molecule has 1 fully saturated rings. The third kappa shape index (κ3) is 2.49. The van der Waals surface area contributed by atoms with Gasteiger partial charge in [-0.3, -0.25) is 9.48 Å². The van der Waals surface area contributed by atoms with E-state index in [0.717, 1.165) is 17.6 Å². The van der Waals surface area contributed by atoms with E-state index in [1.807, 2.05) is 23.6 Å². The van der Waals surface area contributed by atoms with Crippen molar-refractivity contribution in [3.63, 3.8) is 0 Å². The predicted octanol–water partition coefficient (Wildman–Crippen LogP) is 1.33. The lowest BCUT2D eigenvalue weighted by Crippen LogP contribution is -2.37. The standard InChI is InChI=1S/C16H17N5O2/c1-20-14(4-6-18-20)15-13(5-7-23-15)19-16(22)11-2-3-12-8-17-10-21(12)9-11/h2-4,6,8-10,13,15H,5,7H2,1H3,(H,19,22)/t13-,15-/m0/s1. The van der Waals surface area contributed by atoms with Gasteiger partial charge in [0.25, 0.3) is 5.91 Å². The molecule has 4 rings (SSSR count). The summed E-state index contributed by atoms with van der Waals surface area (Å²) in [6.07, 6.45) is 7.59. The fraction of sp³-hybridized carbons (Fsp3) is 0.312. The largest absolute Gasteiger partial charge is 0.370 e. The highest BCUT2D eigenvalue weighted by Gasteiger charge is 2.32. The summed E-state index contributed by atoms with van der Waals surface area (Å²) in [5, 5.41) is 7.25. The second kappa shape index (κ2) is 5.51. The predicted molar refractivity (Wildman–Crippen MR) is 83.0 cm³/mol. The monoisotopic (exact) mass is 311 g/mol. The molecule has 0 aliphatic carbocycles. The molecule has 23 heavy (non-hydrogen) atoms. The Labute approximate surface area is 132 Å². The van der Waals surface area contributed by atoms with Crippen LogP contribution >= 0.6 is 0 Å². The number of nitrogens with zero attached hydrogens (tertiary/aromatic N) is 4. The average molecular weight is 311 g/mol. The Hall–Kier alpha value is -2.67. The Bertz CT molecular complexity index is 853. The van der Waals surface area contributed by atoms with E-state index in [9.17, 15) is 4.79 Å². The van der Waals surface area contributed by atoms with Crippen molar-refractivity contribution in [1.29, 1.82) is 0 Å². The highest BCUT2D eigenvalue weighted by Crippen LogP contribution is 2.28. The van der Waals surface area contributed by atoms with Crippen LogP contribution in [0.4, 0.5) is 0 Å². The van der Waals surface area contributed by atoms with Gasteiger partial charge in [-0.25, -0.2) is 4.98 Å². The van der Waals surface area contributed by atoms with E-state index in [1.165, 1.54) is 0 Å². The van der Waals surface area contributed by atoms with Gasteiger partial charge in [0.15, 0.2) is 0 Å². The van der Waals surface area contributed by atoms with E-state index in [0.29, 0.717) is 12.2 Å². The first-order chi connectivity index (χ1) is 11.2. The van der Waals surface area contributed by atoms with Crippen molar-refractivity contribution >= 4 is 11.4 Å². The lowest BCUT2D eigenvalue weighted by atomic mass is 10.1. The Morgan fingerprint density at radius 2 is 2.30 bits per heavy atom. The van der Waals surface area contributed by atoms with Crippen LogP contribution < -0.4 is 5.32 Å². The zero-order chi connectivity index (χ0) is 15.8. The second-order valence-electron chi connectivity index (χ2n) is 5.68. The first-order valence-corrected chi connectivity index (χ1v) is 7.54. The van der Waals surface area contributed by atoms with Crippen LogP contribution in [0.1, 0.15) is 28.6 Å². The van der Waals surface area contributed by atoms with E-state index in [-0.39, 0.29) is 18.1 Å². The van der Waals surface area contributed by atoms with E-state index in [2.05, 4.69) is 15.4 Å². The Balaban J connectivity index is 1.54. The number of pyridine rings is 1. The minimum absolute atomic E-state index is 0.0589. The number of nitrogens with one attached hydrogen (secondary N) is 1. The van der Waals surface area contributed by atoms with Crippen LogP contribution in [0.25, 0.3) is 5.52 Å². The van der Waals surface area contributed by atoms with Crippen LogP contribution in [0, 0.1) is 0 Å². The van der Waals surface area contributed by atoms with Gasteiger partial charge in [0.05, 0.1) is 35.3 Å². The van der Waals surface area contributed by atoms with Gasteiger partial charge in [-0.05, 0) is 24.6 Å². The summed E-state index contributed by atoms with van der Waals surface area (Å²) in [6, 6.07) is 5.55. The molecule has 1 saturated heterocycles.